The second-order valence-corrected chi connectivity index (χ2v) is 6.74. The van der Waals surface area contributed by atoms with Crippen molar-refractivity contribution in [2.45, 2.75) is 32.6 Å². The van der Waals surface area contributed by atoms with Crippen LogP contribution in [0.15, 0.2) is 60.7 Å². The largest absolute Gasteiger partial charge is 0.204 e. The molecule has 142 valence electrons. The van der Waals surface area contributed by atoms with Crippen LogP contribution in [0, 0.1) is 29.3 Å². The van der Waals surface area contributed by atoms with Gasteiger partial charge in [0, 0.05) is 11.1 Å². The SMILES string of the molecule is CCCCCc1ccc(-c2ccc(C#Cc3cc(F)c(F)c(F)c3)cc2)cc1. The summed E-state index contributed by atoms with van der Waals surface area (Å²) in [5, 5.41) is 0. The van der Waals surface area contributed by atoms with E-state index in [2.05, 4.69) is 43.0 Å². The van der Waals surface area contributed by atoms with Crippen LogP contribution < -0.4 is 0 Å². The van der Waals surface area contributed by atoms with E-state index >= 15 is 0 Å². The Morgan fingerprint density at radius 3 is 1.79 bits per heavy atom. The lowest BCUT2D eigenvalue weighted by molar-refractivity contribution is 0.446. The number of hydrogen-bond donors (Lipinski definition) is 0. The van der Waals surface area contributed by atoms with Crippen LogP contribution in [0.4, 0.5) is 13.2 Å². The first-order valence-electron chi connectivity index (χ1n) is 9.43. The maximum atomic E-state index is 13.2. The van der Waals surface area contributed by atoms with Gasteiger partial charge in [-0.1, -0.05) is 68.0 Å². The molecular formula is C25H21F3. The lowest BCUT2D eigenvalue weighted by Crippen LogP contribution is -1.91. The van der Waals surface area contributed by atoms with Gasteiger partial charge in [0.25, 0.3) is 0 Å². The monoisotopic (exact) mass is 378 g/mol. The molecule has 0 fully saturated rings. The van der Waals surface area contributed by atoms with Crippen molar-refractivity contribution in [1.29, 1.82) is 0 Å². The summed E-state index contributed by atoms with van der Waals surface area (Å²) in [6.07, 6.45) is 4.79. The van der Waals surface area contributed by atoms with E-state index in [1.165, 1.54) is 24.8 Å². The minimum Gasteiger partial charge on any atom is -0.204 e. The summed E-state index contributed by atoms with van der Waals surface area (Å²) in [5.74, 6) is 1.55. The van der Waals surface area contributed by atoms with Gasteiger partial charge < -0.3 is 0 Å². The first kappa shape index (κ1) is 19.8. The highest BCUT2D eigenvalue weighted by molar-refractivity contribution is 5.64. The van der Waals surface area contributed by atoms with E-state index in [4.69, 9.17) is 0 Å². The van der Waals surface area contributed by atoms with Gasteiger partial charge in [-0.2, -0.15) is 0 Å². The molecule has 0 amide bonds. The standard InChI is InChI=1S/C25H21F3/c1-2-3-4-5-18-8-12-21(13-9-18)22-14-10-19(11-15-22)6-7-20-16-23(26)25(28)24(27)17-20/h8-17H,2-5H2,1H3. The van der Waals surface area contributed by atoms with Gasteiger partial charge in [-0.25, -0.2) is 13.2 Å². The molecular weight excluding hydrogens is 357 g/mol. The number of aryl methyl sites for hydroxylation is 1. The van der Waals surface area contributed by atoms with Gasteiger partial charge in [0.05, 0.1) is 0 Å². The van der Waals surface area contributed by atoms with Gasteiger partial charge in [0.2, 0.25) is 0 Å². The highest BCUT2D eigenvalue weighted by Crippen LogP contribution is 2.21. The van der Waals surface area contributed by atoms with E-state index in [0.717, 1.165) is 29.7 Å². The second kappa shape index (κ2) is 9.28. The number of benzene rings is 3. The fourth-order valence-electron chi connectivity index (χ4n) is 2.96. The Kier molecular flexibility index (Phi) is 6.55. The van der Waals surface area contributed by atoms with Crippen molar-refractivity contribution in [3.8, 4) is 23.0 Å². The van der Waals surface area contributed by atoms with E-state index in [-0.39, 0.29) is 5.56 Å². The van der Waals surface area contributed by atoms with Crippen LogP contribution in [0.2, 0.25) is 0 Å². The van der Waals surface area contributed by atoms with Gasteiger partial charge in [0.1, 0.15) is 0 Å². The van der Waals surface area contributed by atoms with Crippen molar-refractivity contribution in [1.82, 2.24) is 0 Å². The minimum absolute atomic E-state index is 0.0964. The van der Waals surface area contributed by atoms with Crippen LogP contribution in [-0.2, 0) is 6.42 Å². The molecule has 0 N–H and O–H groups in total. The Morgan fingerprint density at radius 1 is 0.679 bits per heavy atom. The molecule has 0 bridgehead atoms. The molecule has 28 heavy (non-hydrogen) atoms. The van der Waals surface area contributed by atoms with Crippen molar-refractivity contribution >= 4 is 0 Å². The van der Waals surface area contributed by atoms with Crippen molar-refractivity contribution in [2.75, 3.05) is 0 Å². The molecule has 0 aliphatic heterocycles. The molecule has 0 aromatic heterocycles. The molecule has 0 radical (unpaired) electrons. The molecule has 0 atom stereocenters. The van der Waals surface area contributed by atoms with Crippen molar-refractivity contribution in [3.05, 3.63) is 94.8 Å². The Balaban J connectivity index is 1.70. The van der Waals surface area contributed by atoms with Gasteiger partial charge in [-0.05, 0) is 53.8 Å². The molecule has 0 spiro atoms. The molecule has 0 saturated heterocycles. The first-order chi connectivity index (χ1) is 13.6. The van der Waals surface area contributed by atoms with Crippen LogP contribution in [0.25, 0.3) is 11.1 Å². The highest BCUT2D eigenvalue weighted by atomic mass is 19.2. The summed E-state index contributed by atoms with van der Waals surface area (Å²) in [6, 6.07) is 18.0. The zero-order chi connectivity index (χ0) is 19.9. The molecule has 3 heteroatoms. The molecule has 3 aromatic carbocycles. The van der Waals surface area contributed by atoms with Crippen molar-refractivity contribution < 1.29 is 13.2 Å². The Hall–Kier alpha value is -2.99. The highest BCUT2D eigenvalue weighted by Gasteiger charge is 2.09. The first-order valence-corrected chi connectivity index (χ1v) is 9.43. The van der Waals surface area contributed by atoms with Gasteiger partial charge in [-0.3, -0.25) is 0 Å². The fraction of sp³-hybridized carbons (Fsp3) is 0.200. The van der Waals surface area contributed by atoms with Crippen LogP contribution in [0.5, 0.6) is 0 Å². The third kappa shape index (κ3) is 5.04. The average Bonchev–Trinajstić information content (AvgIpc) is 2.71. The second-order valence-electron chi connectivity index (χ2n) is 6.74. The van der Waals surface area contributed by atoms with Crippen LogP contribution in [0.1, 0.15) is 42.9 Å². The fourth-order valence-corrected chi connectivity index (χ4v) is 2.96. The van der Waals surface area contributed by atoms with E-state index < -0.39 is 17.5 Å². The smallest absolute Gasteiger partial charge is 0.194 e. The lowest BCUT2D eigenvalue weighted by Gasteiger charge is -2.05. The maximum Gasteiger partial charge on any atom is 0.194 e. The molecule has 3 aromatic rings. The number of hydrogen-bond acceptors (Lipinski definition) is 0. The summed E-state index contributed by atoms with van der Waals surface area (Å²) < 4.78 is 39.5. The van der Waals surface area contributed by atoms with Gasteiger partial charge >= 0.3 is 0 Å². The summed E-state index contributed by atoms with van der Waals surface area (Å²) in [6.45, 7) is 2.20. The van der Waals surface area contributed by atoms with E-state index in [9.17, 15) is 13.2 Å². The zero-order valence-corrected chi connectivity index (χ0v) is 15.7. The van der Waals surface area contributed by atoms with E-state index in [1.807, 2.05) is 24.3 Å². The lowest BCUT2D eigenvalue weighted by atomic mass is 10.0. The Labute approximate surface area is 164 Å². The van der Waals surface area contributed by atoms with Crippen LogP contribution >= 0.6 is 0 Å². The molecule has 0 unspecified atom stereocenters. The predicted molar refractivity (Wildman–Crippen MR) is 107 cm³/mol. The Bertz CT molecular complexity index is 968. The summed E-state index contributed by atoms with van der Waals surface area (Å²) >= 11 is 0. The zero-order valence-electron chi connectivity index (χ0n) is 15.7. The van der Waals surface area contributed by atoms with E-state index in [0.29, 0.717) is 5.56 Å². The van der Waals surface area contributed by atoms with Gasteiger partial charge in [0.15, 0.2) is 17.5 Å². The maximum absolute atomic E-state index is 13.2. The topological polar surface area (TPSA) is 0 Å². The molecule has 0 nitrogen and oxygen atoms in total. The third-order valence-electron chi connectivity index (χ3n) is 4.58. The summed E-state index contributed by atoms with van der Waals surface area (Å²) in [7, 11) is 0. The summed E-state index contributed by atoms with van der Waals surface area (Å²) in [4.78, 5) is 0. The molecule has 0 aliphatic rings. The Morgan fingerprint density at radius 2 is 1.21 bits per heavy atom. The third-order valence-corrected chi connectivity index (χ3v) is 4.58. The van der Waals surface area contributed by atoms with Crippen LogP contribution in [-0.4, -0.2) is 0 Å². The number of rotatable bonds is 5. The molecule has 0 aliphatic carbocycles. The normalized spacial score (nSPS) is 10.4. The predicted octanol–water partition coefficient (Wildman–Crippen LogP) is 6.90. The van der Waals surface area contributed by atoms with E-state index in [1.54, 1.807) is 0 Å². The quantitative estimate of drug-likeness (QED) is 0.257. The van der Waals surface area contributed by atoms with Crippen LogP contribution in [0.3, 0.4) is 0 Å². The van der Waals surface area contributed by atoms with Crippen molar-refractivity contribution in [2.24, 2.45) is 0 Å². The molecule has 0 saturated carbocycles. The molecule has 3 rings (SSSR count). The number of unbranched alkanes of at least 4 members (excludes halogenated alkanes) is 2. The van der Waals surface area contributed by atoms with Gasteiger partial charge in [-0.15, -0.1) is 0 Å². The minimum atomic E-state index is -1.48. The van der Waals surface area contributed by atoms with Crippen molar-refractivity contribution in [3.63, 3.8) is 0 Å². The molecule has 0 heterocycles. The average molecular weight is 378 g/mol. The number of halogens is 3. The summed E-state index contributed by atoms with van der Waals surface area (Å²) in [5.41, 5.74) is 4.36.